The molecule has 1 N–H and O–H groups in total. The number of aryl methyl sites for hydroxylation is 3. The Hall–Kier alpha value is -1.74. The van der Waals surface area contributed by atoms with E-state index in [9.17, 15) is 4.39 Å². The molecule has 0 aliphatic heterocycles. The van der Waals surface area contributed by atoms with Crippen LogP contribution in [0.15, 0.2) is 30.6 Å². The lowest BCUT2D eigenvalue weighted by atomic mass is 9.93. The van der Waals surface area contributed by atoms with Crippen LogP contribution >= 0.6 is 0 Å². The van der Waals surface area contributed by atoms with Crippen LogP contribution in [0.2, 0.25) is 0 Å². The molecule has 1 aromatic carbocycles. The van der Waals surface area contributed by atoms with Crippen molar-refractivity contribution in [1.82, 2.24) is 10.3 Å². The molecule has 20 heavy (non-hydrogen) atoms. The van der Waals surface area contributed by atoms with E-state index in [1.165, 1.54) is 0 Å². The fraction of sp³-hybridized carbons (Fsp3) is 0.353. The van der Waals surface area contributed by atoms with Gasteiger partial charge in [0.25, 0.3) is 0 Å². The van der Waals surface area contributed by atoms with Crippen LogP contribution in [0.1, 0.15) is 40.8 Å². The van der Waals surface area contributed by atoms with Crippen molar-refractivity contribution in [2.45, 2.75) is 33.7 Å². The van der Waals surface area contributed by atoms with E-state index < -0.39 is 0 Å². The smallest absolute Gasteiger partial charge is 0.128 e. The van der Waals surface area contributed by atoms with Crippen molar-refractivity contribution in [3.63, 3.8) is 0 Å². The van der Waals surface area contributed by atoms with Crippen LogP contribution < -0.4 is 5.32 Å². The number of rotatable bonds is 4. The van der Waals surface area contributed by atoms with E-state index in [0.29, 0.717) is 5.56 Å². The third-order valence-corrected chi connectivity index (χ3v) is 3.41. The van der Waals surface area contributed by atoms with Gasteiger partial charge in [-0.3, -0.25) is 4.98 Å². The Morgan fingerprint density at radius 3 is 2.45 bits per heavy atom. The molecular formula is C17H21FN2. The molecule has 1 unspecified atom stereocenters. The molecule has 0 bridgehead atoms. The summed E-state index contributed by atoms with van der Waals surface area (Å²) >= 11 is 0. The van der Waals surface area contributed by atoms with Gasteiger partial charge in [-0.25, -0.2) is 4.39 Å². The van der Waals surface area contributed by atoms with E-state index in [0.717, 1.165) is 28.8 Å². The van der Waals surface area contributed by atoms with Crippen molar-refractivity contribution < 1.29 is 4.39 Å². The summed E-state index contributed by atoms with van der Waals surface area (Å²) in [6.07, 6.45) is 3.62. The molecule has 1 atom stereocenters. The highest BCUT2D eigenvalue weighted by Gasteiger charge is 2.20. The number of nitrogens with one attached hydrogen (secondary N) is 1. The molecule has 0 aliphatic carbocycles. The maximum Gasteiger partial charge on any atom is 0.128 e. The molecular weight excluding hydrogens is 251 g/mol. The van der Waals surface area contributed by atoms with E-state index in [1.54, 1.807) is 12.3 Å². The molecule has 0 aliphatic rings. The van der Waals surface area contributed by atoms with E-state index in [1.807, 2.05) is 40.0 Å². The van der Waals surface area contributed by atoms with Crippen LogP contribution in [0.5, 0.6) is 0 Å². The Morgan fingerprint density at radius 2 is 1.85 bits per heavy atom. The van der Waals surface area contributed by atoms with Crippen LogP contribution in [-0.2, 0) is 0 Å². The summed E-state index contributed by atoms with van der Waals surface area (Å²) in [4.78, 5) is 4.23. The van der Waals surface area contributed by atoms with Gasteiger partial charge in [-0.1, -0.05) is 19.1 Å². The van der Waals surface area contributed by atoms with Gasteiger partial charge in [0.1, 0.15) is 5.82 Å². The van der Waals surface area contributed by atoms with Gasteiger partial charge in [0.15, 0.2) is 0 Å². The van der Waals surface area contributed by atoms with Crippen molar-refractivity contribution in [1.29, 1.82) is 0 Å². The second-order valence-electron chi connectivity index (χ2n) is 5.26. The lowest BCUT2D eigenvalue weighted by Crippen LogP contribution is -2.24. The van der Waals surface area contributed by atoms with Crippen LogP contribution in [0, 0.1) is 26.6 Å². The number of hydrogen-bond acceptors (Lipinski definition) is 2. The predicted molar refractivity (Wildman–Crippen MR) is 80.4 cm³/mol. The Labute approximate surface area is 120 Å². The monoisotopic (exact) mass is 272 g/mol. The molecule has 106 valence electrons. The minimum Gasteiger partial charge on any atom is -0.306 e. The molecule has 0 saturated heterocycles. The fourth-order valence-electron chi connectivity index (χ4n) is 2.62. The minimum absolute atomic E-state index is 0.157. The maximum absolute atomic E-state index is 14.4. The molecule has 0 spiro atoms. The number of halogens is 1. The SMILES string of the molecule is CCNC(c1cncc(C)c1)c1c(C)cc(C)cc1F. The zero-order valence-electron chi connectivity index (χ0n) is 12.5. The van der Waals surface area contributed by atoms with Gasteiger partial charge < -0.3 is 5.32 Å². The van der Waals surface area contributed by atoms with Crippen molar-refractivity contribution >= 4 is 0 Å². The first kappa shape index (κ1) is 14.7. The Balaban J connectivity index is 2.54. The van der Waals surface area contributed by atoms with Crippen molar-refractivity contribution in [2.24, 2.45) is 0 Å². The summed E-state index contributed by atoms with van der Waals surface area (Å²) < 4.78 is 14.4. The van der Waals surface area contributed by atoms with Crippen LogP contribution in [-0.4, -0.2) is 11.5 Å². The van der Waals surface area contributed by atoms with Crippen LogP contribution in [0.3, 0.4) is 0 Å². The second-order valence-corrected chi connectivity index (χ2v) is 5.26. The summed E-state index contributed by atoms with van der Waals surface area (Å²) in [6, 6.07) is 5.51. The second kappa shape index (κ2) is 6.14. The molecule has 1 aromatic heterocycles. The Kier molecular flexibility index (Phi) is 4.50. The third-order valence-electron chi connectivity index (χ3n) is 3.41. The lowest BCUT2D eigenvalue weighted by Gasteiger charge is -2.22. The third kappa shape index (κ3) is 3.05. The van der Waals surface area contributed by atoms with Gasteiger partial charge >= 0.3 is 0 Å². The molecule has 0 amide bonds. The first-order chi connectivity index (χ1) is 9.52. The molecule has 2 rings (SSSR count). The molecule has 1 heterocycles. The topological polar surface area (TPSA) is 24.9 Å². The number of nitrogens with zero attached hydrogens (tertiary/aromatic N) is 1. The highest BCUT2D eigenvalue weighted by atomic mass is 19.1. The first-order valence-electron chi connectivity index (χ1n) is 6.94. The molecule has 2 aromatic rings. The standard InChI is InChI=1S/C17H21FN2/c1-5-20-17(14-7-12(3)9-19-10-14)16-13(4)6-11(2)8-15(16)18/h6-10,17,20H,5H2,1-4H3. The average molecular weight is 272 g/mol. The summed E-state index contributed by atoms with van der Waals surface area (Å²) in [5.41, 5.74) is 4.70. The van der Waals surface area contributed by atoms with E-state index in [-0.39, 0.29) is 11.9 Å². The largest absolute Gasteiger partial charge is 0.306 e. The van der Waals surface area contributed by atoms with Gasteiger partial charge in [-0.05, 0) is 55.6 Å². The molecule has 0 saturated carbocycles. The van der Waals surface area contributed by atoms with E-state index in [4.69, 9.17) is 0 Å². The van der Waals surface area contributed by atoms with Gasteiger partial charge in [0.05, 0.1) is 6.04 Å². The molecule has 2 nitrogen and oxygen atoms in total. The van der Waals surface area contributed by atoms with Crippen LogP contribution in [0.4, 0.5) is 4.39 Å². The number of hydrogen-bond donors (Lipinski definition) is 1. The van der Waals surface area contributed by atoms with Gasteiger partial charge in [-0.2, -0.15) is 0 Å². The minimum atomic E-state index is -0.159. The highest BCUT2D eigenvalue weighted by molar-refractivity contribution is 5.40. The quantitative estimate of drug-likeness (QED) is 0.914. The normalized spacial score (nSPS) is 12.4. The molecule has 0 radical (unpaired) electrons. The van der Waals surface area contributed by atoms with Crippen LogP contribution in [0.25, 0.3) is 0 Å². The maximum atomic E-state index is 14.4. The number of aromatic nitrogens is 1. The Morgan fingerprint density at radius 1 is 1.10 bits per heavy atom. The fourth-order valence-corrected chi connectivity index (χ4v) is 2.62. The average Bonchev–Trinajstić information content (AvgIpc) is 2.36. The summed E-state index contributed by atoms with van der Waals surface area (Å²) in [5.74, 6) is -0.157. The zero-order chi connectivity index (χ0) is 14.7. The number of benzene rings is 1. The van der Waals surface area contributed by atoms with E-state index >= 15 is 0 Å². The molecule has 3 heteroatoms. The lowest BCUT2D eigenvalue weighted by molar-refractivity contribution is 0.554. The highest BCUT2D eigenvalue weighted by Crippen LogP contribution is 2.28. The summed E-state index contributed by atoms with van der Waals surface area (Å²) in [7, 11) is 0. The number of pyridine rings is 1. The van der Waals surface area contributed by atoms with Crippen molar-refractivity contribution in [3.05, 3.63) is 64.2 Å². The van der Waals surface area contributed by atoms with Crippen molar-refractivity contribution in [2.75, 3.05) is 6.54 Å². The zero-order valence-corrected chi connectivity index (χ0v) is 12.5. The van der Waals surface area contributed by atoms with Gasteiger partial charge in [-0.15, -0.1) is 0 Å². The Bertz CT molecular complexity index is 585. The summed E-state index contributed by atoms with van der Waals surface area (Å²) in [5, 5.41) is 3.36. The predicted octanol–water partition coefficient (Wildman–Crippen LogP) is 3.84. The van der Waals surface area contributed by atoms with E-state index in [2.05, 4.69) is 16.4 Å². The van der Waals surface area contributed by atoms with Gasteiger partial charge in [0.2, 0.25) is 0 Å². The van der Waals surface area contributed by atoms with Crippen molar-refractivity contribution in [3.8, 4) is 0 Å². The van der Waals surface area contributed by atoms with Gasteiger partial charge in [0, 0.05) is 18.0 Å². The first-order valence-corrected chi connectivity index (χ1v) is 6.94. The molecule has 0 fully saturated rings. The summed E-state index contributed by atoms with van der Waals surface area (Å²) in [6.45, 7) is 8.66.